The fourth-order valence-electron chi connectivity index (χ4n) is 2.87. The lowest BCUT2D eigenvalue weighted by atomic mass is 10.0. The van der Waals surface area contributed by atoms with Gasteiger partial charge in [0.25, 0.3) is 0 Å². The van der Waals surface area contributed by atoms with Crippen molar-refractivity contribution in [3.63, 3.8) is 0 Å². The first kappa shape index (κ1) is 22.7. The molecule has 2 rings (SSSR count). The molecule has 0 amide bonds. The van der Waals surface area contributed by atoms with Gasteiger partial charge in [0.1, 0.15) is 5.75 Å². The molecule has 0 fully saturated rings. The molecule has 0 saturated carbocycles. The number of benzene rings is 2. The number of guanidine groups is 1. The minimum absolute atomic E-state index is 0.0175. The molecule has 6 heteroatoms. The number of hydrogen-bond acceptors (Lipinski definition) is 4. The zero-order valence-corrected chi connectivity index (χ0v) is 17.4. The fourth-order valence-corrected chi connectivity index (χ4v) is 2.87. The van der Waals surface area contributed by atoms with Crippen LogP contribution in [-0.2, 0) is 11.3 Å². The molecule has 2 aromatic rings. The standard InChI is InChI=1S/C23H33N3O3/c1-3-24-23(26-17-21(18-27)20-10-5-4-6-11-20)25-16-19-9-7-12-22(15-19)29-14-8-13-28-2/h4-7,9-12,15,21,27H,3,8,13-14,16-18H2,1-2H3,(H2,24,25,26). The molecule has 158 valence electrons. The smallest absolute Gasteiger partial charge is 0.191 e. The first-order chi connectivity index (χ1) is 14.3. The first-order valence-electron chi connectivity index (χ1n) is 10.2. The van der Waals surface area contributed by atoms with Crippen molar-refractivity contribution in [1.29, 1.82) is 0 Å². The van der Waals surface area contributed by atoms with E-state index in [1.54, 1.807) is 7.11 Å². The second-order valence-corrected chi connectivity index (χ2v) is 6.71. The maximum absolute atomic E-state index is 9.74. The Kier molecular flexibility index (Phi) is 10.6. The quantitative estimate of drug-likeness (QED) is 0.291. The molecule has 1 atom stereocenters. The summed E-state index contributed by atoms with van der Waals surface area (Å²) in [5.41, 5.74) is 2.19. The lowest BCUT2D eigenvalue weighted by molar-refractivity contribution is 0.172. The molecule has 1 unspecified atom stereocenters. The lowest BCUT2D eigenvalue weighted by Crippen LogP contribution is -2.39. The fraction of sp³-hybridized carbons (Fsp3) is 0.435. The molecule has 0 bridgehead atoms. The molecular formula is C23H33N3O3. The minimum Gasteiger partial charge on any atom is -0.493 e. The monoisotopic (exact) mass is 399 g/mol. The number of hydrogen-bond donors (Lipinski definition) is 3. The van der Waals surface area contributed by atoms with Crippen LogP contribution in [0.4, 0.5) is 0 Å². The largest absolute Gasteiger partial charge is 0.493 e. The van der Waals surface area contributed by atoms with Crippen LogP contribution in [0.3, 0.4) is 0 Å². The van der Waals surface area contributed by atoms with Crippen LogP contribution in [-0.4, -0.2) is 51.1 Å². The van der Waals surface area contributed by atoms with Crippen LogP contribution in [0.5, 0.6) is 5.75 Å². The van der Waals surface area contributed by atoms with Crippen molar-refractivity contribution in [2.24, 2.45) is 4.99 Å². The predicted octanol–water partition coefficient (Wildman–Crippen LogP) is 2.93. The zero-order valence-electron chi connectivity index (χ0n) is 17.4. The molecular weight excluding hydrogens is 366 g/mol. The van der Waals surface area contributed by atoms with Crippen molar-refractivity contribution < 1.29 is 14.6 Å². The third-order valence-electron chi connectivity index (χ3n) is 4.43. The Morgan fingerprint density at radius 2 is 1.90 bits per heavy atom. The Bertz CT molecular complexity index is 722. The van der Waals surface area contributed by atoms with Gasteiger partial charge in [-0.05, 0) is 30.2 Å². The van der Waals surface area contributed by atoms with Crippen LogP contribution >= 0.6 is 0 Å². The topological polar surface area (TPSA) is 75.1 Å². The van der Waals surface area contributed by atoms with E-state index in [-0.39, 0.29) is 12.5 Å². The van der Waals surface area contributed by atoms with E-state index < -0.39 is 0 Å². The van der Waals surface area contributed by atoms with E-state index in [9.17, 15) is 5.11 Å². The lowest BCUT2D eigenvalue weighted by Gasteiger charge is -2.18. The number of aliphatic hydroxyl groups is 1. The van der Waals surface area contributed by atoms with E-state index in [2.05, 4.69) is 15.6 Å². The Labute approximate surface area is 174 Å². The maximum atomic E-state index is 9.74. The number of ether oxygens (including phenoxy) is 2. The molecule has 0 aliphatic heterocycles. The summed E-state index contributed by atoms with van der Waals surface area (Å²) in [6, 6.07) is 18.0. The van der Waals surface area contributed by atoms with Gasteiger partial charge in [-0.1, -0.05) is 42.5 Å². The van der Waals surface area contributed by atoms with Gasteiger partial charge < -0.3 is 25.2 Å². The normalized spacial score (nSPS) is 12.4. The molecule has 3 N–H and O–H groups in total. The summed E-state index contributed by atoms with van der Waals surface area (Å²) in [6.07, 6.45) is 0.862. The predicted molar refractivity (Wildman–Crippen MR) is 118 cm³/mol. The summed E-state index contributed by atoms with van der Waals surface area (Å²) in [6.45, 7) is 5.36. The number of nitrogens with one attached hydrogen (secondary N) is 2. The van der Waals surface area contributed by atoms with Crippen molar-refractivity contribution in [3.8, 4) is 5.75 Å². The first-order valence-corrected chi connectivity index (χ1v) is 10.2. The van der Waals surface area contributed by atoms with Gasteiger partial charge in [0.2, 0.25) is 0 Å². The molecule has 29 heavy (non-hydrogen) atoms. The second kappa shape index (κ2) is 13.6. The summed E-state index contributed by atoms with van der Waals surface area (Å²) >= 11 is 0. The van der Waals surface area contributed by atoms with E-state index in [0.717, 1.165) is 35.8 Å². The average Bonchev–Trinajstić information content (AvgIpc) is 2.76. The van der Waals surface area contributed by atoms with Crippen LogP contribution in [0.2, 0.25) is 0 Å². The summed E-state index contributed by atoms with van der Waals surface area (Å²) in [7, 11) is 1.69. The molecule has 0 radical (unpaired) electrons. The van der Waals surface area contributed by atoms with Gasteiger partial charge in [-0.25, -0.2) is 4.99 Å². The molecule has 0 aliphatic rings. The van der Waals surface area contributed by atoms with Crippen molar-refractivity contribution in [3.05, 3.63) is 65.7 Å². The van der Waals surface area contributed by atoms with Crippen molar-refractivity contribution in [2.75, 3.05) is 40.0 Å². The highest BCUT2D eigenvalue weighted by Crippen LogP contribution is 2.15. The summed E-state index contributed by atoms with van der Waals surface area (Å²) < 4.78 is 10.8. The van der Waals surface area contributed by atoms with E-state index in [1.165, 1.54) is 0 Å². The number of aliphatic imine (C=N–C) groups is 1. The molecule has 6 nitrogen and oxygen atoms in total. The van der Waals surface area contributed by atoms with E-state index in [4.69, 9.17) is 9.47 Å². The van der Waals surface area contributed by atoms with Gasteiger partial charge in [0.15, 0.2) is 5.96 Å². The maximum Gasteiger partial charge on any atom is 0.191 e. The van der Waals surface area contributed by atoms with Gasteiger partial charge in [-0.3, -0.25) is 0 Å². The Morgan fingerprint density at radius 3 is 2.62 bits per heavy atom. The highest BCUT2D eigenvalue weighted by atomic mass is 16.5. The highest BCUT2D eigenvalue weighted by molar-refractivity contribution is 5.79. The van der Waals surface area contributed by atoms with Gasteiger partial charge in [-0.2, -0.15) is 0 Å². The van der Waals surface area contributed by atoms with E-state index in [1.807, 2.05) is 61.5 Å². The van der Waals surface area contributed by atoms with Crippen LogP contribution in [0, 0.1) is 0 Å². The zero-order chi connectivity index (χ0) is 20.7. The Morgan fingerprint density at radius 1 is 1.07 bits per heavy atom. The number of nitrogens with zero attached hydrogens (tertiary/aromatic N) is 1. The second-order valence-electron chi connectivity index (χ2n) is 6.71. The average molecular weight is 400 g/mol. The van der Waals surface area contributed by atoms with Gasteiger partial charge >= 0.3 is 0 Å². The van der Waals surface area contributed by atoms with Gasteiger partial charge in [-0.15, -0.1) is 0 Å². The third kappa shape index (κ3) is 8.54. The number of aliphatic hydroxyl groups excluding tert-OH is 1. The van der Waals surface area contributed by atoms with Crippen molar-refractivity contribution >= 4 is 5.96 Å². The Balaban J connectivity index is 1.92. The van der Waals surface area contributed by atoms with Crippen LogP contribution in [0.25, 0.3) is 0 Å². The van der Waals surface area contributed by atoms with Crippen LogP contribution in [0.15, 0.2) is 59.6 Å². The summed E-state index contributed by atoms with van der Waals surface area (Å²) in [5, 5.41) is 16.3. The summed E-state index contributed by atoms with van der Waals surface area (Å²) in [5.74, 6) is 1.59. The van der Waals surface area contributed by atoms with Crippen molar-refractivity contribution in [1.82, 2.24) is 10.6 Å². The molecule has 2 aromatic carbocycles. The molecule has 0 heterocycles. The molecule has 0 aromatic heterocycles. The molecule has 0 spiro atoms. The van der Waals surface area contributed by atoms with E-state index >= 15 is 0 Å². The van der Waals surface area contributed by atoms with Gasteiger partial charge in [0.05, 0.1) is 19.8 Å². The minimum atomic E-state index is 0.0175. The highest BCUT2D eigenvalue weighted by Gasteiger charge is 2.10. The third-order valence-corrected chi connectivity index (χ3v) is 4.43. The number of rotatable bonds is 12. The van der Waals surface area contributed by atoms with Gasteiger partial charge in [0, 0.05) is 39.1 Å². The molecule has 0 aliphatic carbocycles. The molecule has 0 saturated heterocycles. The SMILES string of the molecule is CCNC(=NCc1cccc(OCCCOC)c1)NCC(CO)c1ccccc1. The van der Waals surface area contributed by atoms with Crippen LogP contribution in [0.1, 0.15) is 30.4 Å². The van der Waals surface area contributed by atoms with E-state index in [0.29, 0.717) is 26.3 Å². The summed E-state index contributed by atoms with van der Waals surface area (Å²) in [4.78, 5) is 4.67. The Hall–Kier alpha value is -2.57. The van der Waals surface area contributed by atoms with Crippen molar-refractivity contribution in [2.45, 2.75) is 25.8 Å². The number of methoxy groups -OCH3 is 1. The van der Waals surface area contributed by atoms with Crippen LogP contribution < -0.4 is 15.4 Å².